The topological polar surface area (TPSA) is 58.6 Å². The first kappa shape index (κ1) is 27.5. The van der Waals surface area contributed by atoms with Gasteiger partial charge >= 0.3 is 0 Å². The van der Waals surface area contributed by atoms with Crippen LogP contribution in [-0.4, -0.2) is 35.4 Å². The summed E-state index contributed by atoms with van der Waals surface area (Å²) in [6, 6.07) is 20.8. The van der Waals surface area contributed by atoms with Gasteiger partial charge in [0.2, 0.25) is 5.91 Å². The minimum Gasteiger partial charge on any atom is -0.484 e. The lowest BCUT2D eigenvalue weighted by Gasteiger charge is -2.32. The fourth-order valence-electron chi connectivity index (χ4n) is 4.12. The van der Waals surface area contributed by atoms with E-state index in [2.05, 4.69) is 21.2 Å². The zero-order valence-corrected chi connectivity index (χ0v) is 23.3. The number of benzene rings is 3. The Morgan fingerprint density at radius 1 is 0.917 bits per heavy atom. The van der Waals surface area contributed by atoms with Crippen molar-refractivity contribution in [3.8, 4) is 5.75 Å². The number of amides is 2. The van der Waals surface area contributed by atoms with Crippen LogP contribution in [0.3, 0.4) is 0 Å². The van der Waals surface area contributed by atoms with E-state index < -0.39 is 6.04 Å². The molecule has 0 radical (unpaired) electrons. The third-order valence-electron chi connectivity index (χ3n) is 6.08. The second kappa shape index (κ2) is 12.7. The van der Waals surface area contributed by atoms with E-state index >= 15 is 0 Å². The van der Waals surface area contributed by atoms with Gasteiger partial charge in [0.25, 0.3) is 5.91 Å². The van der Waals surface area contributed by atoms with Crippen LogP contribution in [0.5, 0.6) is 5.75 Å². The van der Waals surface area contributed by atoms with Crippen LogP contribution in [0.25, 0.3) is 0 Å². The minimum atomic E-state index is -0.682. The van der Waals surface area contributed by atoms with Gasteiger partial charge in [0.1, 0.15) is 11.8 Å². The zero-order valence-electron chi connectivity index (χ0n) is 21.7. The van der Waals surface area contributed by atoms with Crippen LogP contribution in [0.15, 0.2) is 71.2 Å². The summed E-state index contributed by atoms with van der Waals surface area (Å²) in [6.45, 7) is 9.99. The van der Waals surface area contributed by atoms with E-state index in [1.165, 1.54) is 0 Å². The lowest BCUT2D eigenvalue weighted by atomic mass is 10.0. The van der Waals surface area contributed by atoms with E-state index in [0.717, 1.165) is 32.3 Å². The largest absolute Gasteiger partial charge is 0.484 e. The van der Waals surface area contributed by atoms with Gasteiger partial charge in [-0.3, -0.25) is 9.59 Å². The van der Waals surface area contributed by atoms with Crippen molar-refractivity contribution in [1.82, 2.24) is 10.2 Å². The van der Waals surface area contributed by atoms with Crippen molar-refractivity contribution in [2.24, 2.45) is 0 Å². The van der Waals surface area contributed by atoms with Gasteiger partial charge in [-0.1, -0.05) is 70.5 Å². The normalized spacial score (nSPS) is 11.8. The lowest BCUT2D eigenvalue weighted by molar-refractivity contribution is -0.143. The van der Waals surface area contributed by atoms with Gasteiger partial charge in [-0.15, -0.1) is 0 Å². The van der Waals surface area contributed by atoms with Gasteiger partial charge in [0, 0.05) is 23.5 Å². The van der Waals surface area contributed by atoms with Crippen molar-refractivity contribution < 1.29 is 14.3 Å². The molecule has 0 fully saturated rings. The molecule has 190 valence electrons. The average molecular weight is 552 g/mol. The predicted octanol–water partition coefficient (Wildman–Crippen LogP) is 5.92. The number of carbonyl (C=O) groups excluding carboxylic acids is 2. The summed E-state index contributed by atoms with van der Waals surface area (Å²) in [5, 5.41) is 3.01. The number of nitrogens with one attached hydrogen (secondary N) is 1. The molecule has 0 aromatic heterocycles. The smallest absolute Gasteiger partial charge is 0.261 e. The molecule has 0 heterocycles. The number of rotatable bonds is 10. The van der Waals surface area contributed by atoms with Crippen LogP contribution in [0.1, 0.15) is 41.7 Å². The van der Waals surface area contributed by atoms with Crippen LogP contribution in [0.2, 0.25) is 0 Å². The Morgan fingerprint density at radius 2 is 1.53 bits per heavy atom. The number of hydrogen-bond acceptors (Lipinski definition) is 3. The third kappa shape index (κ3) is 7.44. The molecule has 0 bridgehead atoms. The Bertz CT molecular complexity index is 1170. The Labute approximate surface area is 223 Å². The molecule has 0 unspecified atom stereocenters. The first-order chi connectivity index (χ1) is 17.2. The maximum atomic E-state index is 13.7. The zero-order chi connectivity index (χ0) is 26.2. The molecule has 1 N–H and O–H groups in total. The molecule has 3 aromatic rings. The summed E-state index contributed by atoms with van der Waals surface area (Å²) in [5.74, 6) is 0.214. The first-order valence-electron chi connectivity index (χ1n) is 12.2. The van der Waals surface area contributed by atoms with Gasteiger partial charge in [-0.25, -0.2) is 0 Å². The number of halogens is 1. The van der Waals surface area contributed by atoms with E-state index in [9.17, 15) is 9.59 Å². The number of carbonyl (C=O) groups is 2. The Kier molecular flexibility index (Phi) is 9.71. The molecular weight excluding hydrogens is 516 g/mol. The van der Waals surface area contributed by atoms with E-state index in [1.54, 1.807) is 4.90 Å². The van der Waals surface area contributed by atoms with Gasteiger partial charge in [-0.2, -0.15) is 0 Å². The minimum absolute atomic E-state index is 0.0452. The molecular formula is C30H35BrN2O3. The highest BCUT2D eigenvalue weighted by Crippen LogP contribution is 2.26. The Balaban J connectivity index is 1.93. The molecule has 0 aliphatic heterocycles. The van der Waals surface area contributed by atoms with Crippen LogP contribution >= 0.6 is 15.9 Å². The fraction of sp³-hybridized carbons (Fsp3) is 0.333. The van der Waals surface area contributed by atoms with E-state index in [4.69, 9.17) is 4.74 Å². The van der Waals surface area contributed by atoms with Gasteiger partial charge in [0.05, 0.1) is 0 Å². The van der Waals surface area contributed by atoms with Crippen LogP contribution < -0.4 is 10.1 Å². The molecule has 1 atom stereocenters. The summed E-state index contributed by atoms with van der Waals surface area (Å²) in [4.78, 5) is 28.8. The maximum absolute atomic E-state index is 13.7. The molecule has 3 rings (SSSR count). The SMILES string of the molecule is Cc1ccccc1CN(C(=O)COc1cc(C)c(Br)c(C)c1)[C@@H](Cc1ccccc1)C(=O)NC(C)C. The first-order valence-corrected chi connectivity index (χ1v) is 13.0. The highest BCUT2D eigenvalue weighted by atomic mass is 79.9. The van der Waals surface area contributed by atoms with E-state index in [0.29, 0.717) is 18.7 Å². The van der Waals surface area contributed by atoms with Crippen molar-refractivity contribution in [3.63, 3.8) is 0 Å². The van der Waals surface area contributed by atoms with Crippen LogP contribution in [-0.2, 0) is 22.6 Å². The quantitative estimate of drug-likeness (QED) is 0.341. The number of nitrogens with zero attached hydrogens (tertiary/aromatic N) is 1. The second-order valence-corrected chi connectivity index (χ2v) is 10.3. The number of hydrogen-bond donors (Lipinski definition) is 1. The summed E-state index contributed by atoms with van der Waals surface area (Å²) < 4.78 is 6.97. The molecule has 36 heavy (non-hydrogen) atoms. The molecule has 0 saturated heterocycles. The Hall–Kier alpha value is -3.12. The van der Waals surface area contributed by atoms with Crippen LogP contribution in [0, 0.1) is 20.8 Å². The highest BCUT2D eigenvalue weighted by Gasteiger charge is 2.31. The lowest BCUT2D eigenvalue weighted by Crippen LogP contribution is -2.52. The molecule has 0 aliphatic rings. The molecule has 2 amide bonds. The van der Waals surface area contributed by atoms with Crippen molar-refractivity contribution in [2.45, 2.75) is 59.7 Å². The molecule has 0 spiro atoms. The van der Waals surface area contributed by atoms with E-state index in [1.807, 2.05) is 101 Å². The van der Waals surface area contributed by atoms with Crippen molar-refractivity contribution in [1.29, 1.82) is 0 Å². The van der Waals surface area contributed by atoms with Crippen molar-refractivity contribution in [2.75, 3.05) is 6.61 Å². The average Bonchev–Trinajstić information content (AvgIpc) is 2.84. The van der Waals surface area contributed by atoms with Gasteiger partial charge in [0.15, 0.2) is 6.61 Å². The highest BCUT2D eigenvalue weighted by molar-refractivity contribution is 9.10. The predicted molar refractivity (Wildman–Crippen MR) is 148 cm³/mol. The maximum Gasteiger partial charge on any atom is 0.261 e. The number of aryl methyl sites for hydroxylation is 3. The third-order valence-corrected chi connectivity index (χ3v) is 7.33. The second-order valence-electron chi connectivity index (χ2n) is 9.48. The molecule has 3 aromatic carbocycles. The molecule has 5 nitrogen and oxygen atoms in total. The standard InChI is InChI=1S/C30H35BrN2O3/c1-20(2)32-30(35)27(17-24-12-7-6-8-13-24)33(18-25-14-10-9-11-21(25)3)28(34)19-36-26-15-22(4)29(31)23(5)16-26/h6-16,20,27H,17-19H2,1-5H3,(H,32,35)/t27-/m0/s1. The number of ether oxygens (including phenoxy) is 1. The van der Waals surface area contributed by atoms with Gasteiger partial charge in [-0.05, 0) is 74.6 Å². The molecule has 0 aliphatic carbocycles. The fourth-order valence-corrected chi connectivity index (χ4v) is 4.35. The van der Waals surface area contributed by atoms with Crippen molar-refractivity contribution >= 4 is 27.7 Å². The summed E-state index contributed by atoms with van der Waals surface area (Å²) in [6.07, 6.45) is 0.410. The summed E-state index contributed by atoms with van der Waals surface area (Å²) in [7, 11) is 0. The Morgan fingerprint density at radius 3 is 2.14 bits per heavy atom. The van der Waals surface area contributed by atoms with Crippen molar-refractivity contribution in [3.05, 3.63) is 99.0 Å². The monoisotopic (exact) mass is 550 g/mol. The van der Waals surface area contributed by atoms with Crippen LogP contribution in [0.4, 0.5) is 0 Å². The summed E-state index contributed by atoms with van der Waals surface area (Å²) >= 11 is 3.57. The summed E-state index contributed by atoms with van der Waals surface area (Å²) in [5.41, 5.74) is 5.12. The molecule has 0 saturated carbocycles. The van der Waals surface area contributed by atoms with E-state index in [-0.39, 0.29) is 24.5 Å². The molecule has 6 heteroatoms. The van der Waals surface area contributed by atoms with Gasteiger partial charge < -0.3 is 15.0 Å².